The van der Waals surface area contributed by atoms with Gasteiger partial charge in [0.1, 0.15) is 5.82 Å². The van der Waals surface area contributed by atoms with Gasteiger partial charge in [-0.1, -0.05) is 41.8 Å². The predicted molar refractivity (Wildman–Crippen MR) is 99.9 cm³/mol. The number of unbranched alkanes of at least 4 members (excludes halogenated alkanes) is 2. The van der Waals surface area contributed by atoms with Gasteiger partial charge in [0.05, 0.1) is 15.7 Å². The summed E-state index contributed by atoms with van der Waals surface area (Å²) in [7, 11) is 0. The third-order valence-corrected chi connectivity index (χ3v) is 4.49. The van der Waals surface area contributed by atoms with Gasteiger partial charge in [-0.15, -0.1) is 0 Å². The number of aromatic nitrogens is 2. The van der Waals surface area contributed by atoms with Crippen molar-refractivity contribution < 1.29 is 18.0 Å². The minimum atomic E-state index is -4.76. The van der Waals surface area contributed by atoms with Crippen LogP contribution in [0.4, 0.5) is 24.9 Å². The molecule has 10 heteroatoms. The number of hydrogen-bond donors (Lipinski definition) is 2. The van der Waals surface area contributed by atoms with E-state index in [1.165, 1.54) is 0 Å². The van der Waals surface area contributed by atoms with Crippen LogP contribution in [0, 0.1) is 0 Å². The van der Waals surface area contributed by atoms with Gasteiger partial charge in [-0.3, -0.25) is 4.79 Å². The van der Waals surface area contributed by atoms with Gasteiger partial charge in [-0.05, 0) is 18.9 Å². The molecule has 2 aromatic rings. The van der Waals surface area contributed by atoms with Crippen LogP contribution in [0.1, 0.15) is 25.7 Å². The zero-order chi connectivity index (χ0) is 20.0. The van der Waals surface area contributed by atoms with Crippen LogP contribution in [0.15, 0.2) is 24.3 Å². The van der Waals surface area contributed by atoms with Gasteiger partial charge in [0.2, 0.25) is 11.7 Å². The molecule has 27 heavy (non-hydrogen) atoms. The molecular weight excluding hydrogens is 404 g/mol. The molecule has 0 radical (unpaired) electrons. The minimum absolute atomic E-state index is 0.0433. The Balaban J connectivity index is 1.90. The first-order chi connectivity index (χ1) is 12.7. The van der Waals surface area contributed by atoms with Gasteiger partial charge in [0.25, 0.3) is 0 Å². The summed E-state index contributed by atoms with van der Waals surface area (Å²) >= 11 is 12.2. The average Bonchev–Trinajstić information content (AvgIpc) is 2.58. The minimum Gasteiger partial charge on any atom is -0.370 e. The third-order valence-electron chi connectivity index (χ3n) is 3.67. The molecule has 5 nitrogen and oxygen atoms in total. The first-order valence-electron chi connectivity index (χ1n) is 8.11. The number of Topliss-reactive ketones (excluding diaryl/α,β-unsaturated/α-hetero) is 1. The Labute approximate surface area is 164 Å². The lowest BCUT2D eigenvalue weighted by atomic mass is 10.1. The van der Waals surface area contributed by atoms with E-state index in [1.54, 1.807) is 24.3 Å². The monoisotopic (exact) mass is 420 g/mol. The largest absolute Gasteiger partial charge is 0.449 e. The molecule has 0 spiro atoms. The molecule has 0 saturated carbocycles. The van der Waals surface area contributed by atoms with Crippen LogP contribution in [0.25, 0.3) is 11.3 Å². The van der Waals surface area contributed by atoms with Gasteiger partial charge < -0.3 is 11.1 Å². The van der Waals surface area contributed by atoms with E-state index in [0.29, 0.717) is 46.5 Å². The second-order valence-electron chi connectivity index (χ2n) is 5.76. The van der Waals surface area contributed by atoms with Crippen molar-refractivity contribution in [2.75, 3.05) is 17.6 Å². The molecule has 1 aromatic heterocycles. The number of benzene rings is 1. The maximum Gasteiger partial charge on any atom is 0.449 e. The summed E-state index contributed by atoms with van der Waals surface area (Å²) in [5.74, 6) is -1.19. The molecule has 0 aliphatic rings. The first kappa shape index (κ1) is 21.2. The topological polar surface area (TPSA) is 80.9 Å². The number of nitrogens with zero attached hydrogens (tertiary/aromatic N) is 2. The van der Waals surface area contributed by atoms with E-state index in [1.807, 2.05) is 0 Å². The number of carbonyl (C=O) groups excluding carboxylic acids is 1. The maximum atomic E-state index is 12.1. The lowest BCUT2D eigenvalue weighted by Crippen LogP contribution is -2.22. The zero-order valence-electron chi connectivity index (χ0n) is 14.1. The first-order valence-corrected chi connectivity index (χ1v) is 8.87. The molecule has 0 saturated heterocycles. The molecule has 2 rings (SSSR count). The van der Waals surface area contributed by atoms with Gasteiger partial charge >= 0.3 is 6.18 Å². The summed E-state index contributed by atoms with van der Waals surface area (Å²) in [6, 6.07) is 6.79. The summed E-state index contributed by atoms with van der Waals surface area (Å²) in [5, 5.41) is 3.76. The van der Waals surface area contributed by atoms with E-state index >= 15 is 0 Å². The molecule has 0 bridgehead atoms. The summed E-state index contributed by atoms with van der Waals surface area (Å²) in [6.07, 6.45) is -4.03. The van der Waals surface area contributed by atoms with Crippen molar-refractivity contribution >= 4 is 40.8 Å². The normalized spacial score (nSPS) is 11.4. The van der Waals surface area contributed by atoms with E-state index in [2.05, 4.69) is 15.3 Å². The number of nitrogen functional groups attached to an aromatic ring is 1. The number of alkyl halides is 3. The van der Waals surface area contributed by atoms with E-state index in [0.717, 1.165) is 0 Å². The van der Waals surface area contributed by atoms with Crippen LogP contribution in [0.5, 0.6) is 0 Å². The van der Waals surface area contributed by atoms with E-state index in [9.17, 15) is 18.0 Å². The van der Waals surface area contributed by atoms with Crippen molar-refractivity contribution in [3.05, 3.63) is 34.3 Å². The molecule has 0 fully saturated rings. The number of anilines is 2. The summed E-state index contributed by atoms with van der Waals surface area (Å²) < 4.78 is 36.3. The van der Waals surface area contributed by atoms with Gasteiger partial charge in [0, 0.05) is 24.6 Å². The highest BCUT2D eigenvalue weighted by atomic mass is 35.5. The van der Waals surface area contributed by atoms with Crippen molar-refractivity contribution in [2.24, 2.45) is 0 Å². The molecule has 0 amide bonds. The number of rotatable bonds is 8. The average molecular weight is 421 g/mol. The molecule has 1 aromatic carbocycles. The standard InChI is InChI=1S/C17H17Cl2F3N4O/c18-11-6-4-5-10(15(11)19)12-9-14(26-16(23)25-12)24-8-3-1-2-7-13(27)17(20,21)22/h4-6,9H,1-3,7-8H2,(H3,23,24,25,26). The van der Waals surface area contributed by atoms with Gasteiger partial charge in [0.15, 0.2) is 0 Å². The molecule has 3 N–H and O–H groups in total. The van der Waals surface area contributed by atoms with Crippen molar-refractivity contribution in [2.45, 2.75) is 31.9 Å². The van der Waals surface area contributed by atoms with Crippen LogP contribution in [-0.2, 0) is 4.79 Å². The molecular formula is C17H17Cl2F3N4O. The Kier molecular flexibility index (Phi) is 7.26. The third kappa shape index (κ3) is 6.25. The molecule has 0 aliphatic heterocycles. The zero-order valence-corrected chi connectivity index (χ0v) is 15.6. The SMILES string of the molecule is Nc1nc(NCCCCCC(=O)C(F)(F)F)cc(-c2cccc(Cl)c2Cl)n1. The lowest BCUT2D eigenvalue weighted by molar-refractivity contribution is -0.171. The van der Waals surface area contributed by atoms with Crippen LogP contribution in [-0.4, -0.2) is 28.5 Å². The summed E-state index contributed by atoms with van der Waals surface area (Å²) in [4.78, 5) is 19.0. The second-order valence-corrected chi connectivity index (χ2v) is 6.54. The lowest BCUT2D eigenvalue weighted by Gasteiger charge is -2.10. The molecule has 0 atom stereocenters. The highest BCUT2D eigenvalue weighted by Gasteiger charge is 2.36. The van der Waals surface area contributed by atoms with E-state index < -0.39 is 18.4 Å². The molecule has 0 aliphatic carbocycles. The molecule has 146 valence electrons. The quantitative estimate of drug-likeness (QED) is 0.578. The van der Waals surface area contributed by atoms with Crippen LogP contribution in [0.3, 0.4) is 0 Å². The summed E-state index contributed by atoms with van der Waals surface area (Å²) in [5.41, 5.74) is 6.83. The number of ketones is 1. The summed E-state index contributed by atoms with van der Waals surface area (Å²) in [6.45, 7) is 0.458. The van der Waals surface area contributed by atoms with Crippen molar-refractivity contribution in [1.82, 2.24) is 9.97 Å². The highest BCUT2D eigenvalue weighted by Crippen LogP contribution is 2.33. The fourth-order valence-corrected chi connectivity index (χ4v) is 2.74. The van der Waals surface area contributed by atoms with Crippen LogP contribution in [0.2, 0.25) is 10.0 Å². The Morgan fingerprint density at radius 3 is 2.59 bits per heavy atom. The van der Waals surface area contributed by atoms with Crippen LogP contribution >= 0.6 is 23.2 Å². The Bertz CT molecular complexity index is 815. The highest BCUT2D eigenvalue weighted by molar-refractivity contribution is 6.43. The molecule has 1 heterocycles. The number of carbonyl (C=O) groups is 1. The van der Waals surface area contributed by atoms with Gasteiger partial charge in [-0.25, -0.2) is 4.98 Å². The second kappa shape index (κ2) is 9.23. The Morgan fingerprint density at radius 2 is 1.89 bits per heavy atom. The van der Waals surface area contributed by atoms with Crippen LogP contribution < -0.4 is 11.1 Å². The van der Waals surface area contributed by atoms with Crippen molar-refractivity contribution in [1.29, 1.82) is 0 Å². The Hall–Kier alpha value is -2.06. The predicted octanol–water partition coefficient (Wildman–Crippen LogP) is 5.14. The van der Waals surface area contributed by atoms with Crippen molar-refractivity contribution in [3.8, 4) is 11.3 Å². The number of halogens is 5. The van der Waals surface area contributed by atoms with Gasteiger partial charge in [-0.2, -0.15) is 18.2 Å². The fourth-order valence-electron chi connectivity index (χ4n) is 2.34. The smallest absolute Gasteiger partial charge is 0.370 e. The number of nitrogens with one attached hydrogen (secondary N) is 1. The maximum absolute atomic E-state index is 12.1. The van der Waals surface area contributed by atoms with E-state index in [4.69, 9.17) is 28.9 Å². The van der Waals surface area contributed by atoms with E-state index in [-0.39, 0.29) is 12.4 Å². The Morgan fingerprint density at radius 1 is 1.15 bits per heavy atom. The molecule has 0 unspecified atom stereocenters. The number of nitrogens with two attached hydrogens (primary N) is 1. The van der Waals surface area contributed by atoms with Crippen molar-refractivity contribution in [3.63, 3.8) is 0 Å². The fraction of sp³-hybridized carbons (Fsp3) is 0.353. The number of hydrogen-bond acceptors (Lipinski definition) is 5.